The molecule has 0 bridgehead atoms. The number of likely N-dealkylation sites (tertiary alicyclic amines) is 1. The summed E-state index contributed by atoms with van der Waals surface area (Å²) in [6.45, 7) is 8.06. The van der Waals surface area contributed by atoms with E-state index in [-0.39, 0.29) is 12.2 Å². The molecule has 0 aromatic rings. The molecule has 0 aliphatic carbocycles. The van der Waals surface area contributed by atoms with Crippen molar-refractivity contribution in [1.29, 1.82) is 0 Å². The summed E-state index contributed by atoms with van der Waals surface area (Å²) in [6, 6.07) is 0.0193. The second kappa shape index (κ2) is 5.77. The summed E-state index contributed by atoms with van der Waals surface area (Å²) in [7, 11) is -3.35. The van der Waals surface area contributed by atoms with Crippen LogP contribution in [0.25, 0.3) is 0 Å². The summed E-state index contributed by atoms with van der Waals surface area (Å²) in [4.78, 5) is 2.40. The molecule has 2 N–H and O–H groups in total. The van der Waals surface area contributed by atoms with E-state index in [1.807, 2.05) is 0 Å². The van der Waals surface area contributed by atoms with Gasteiger partial charge in [-0.1, -0.05) is 0 Å². The topological polar surface area (TPSA) is 78.9 Å². The Bertz CT molecular complexity index is 467. The van der Waals surface area contributed by atoms with Crippen LogP contribution in [0.4, 0.5) is 0 Å². The molecule has 6 nitrogen and oxygen atoms in total. The standard InChI is InChI=1S/C14H28N2O4S/c1-11(2)16-7-5-14(6-8-16)9-12(15-21(4,18)19)13(3,17)10-20-14/h11-12,15,17H,5-10H2,1-4H3/t12-,13-/m0/s1. The van der Waals surface area contributed by atoms with E-state index < -0.39 is 21.7 Å². The second-order valence-electron chi connectivity index (χ2n) is 7.11. The van der Waals surface area contributed by atoms with Crippen LogP contribution >= 0.6 is 0 Å². The molecule has 0 aromatic carbocycles. The van der Waals surface area contributed by atoms with Gasteiger partial charge < -0.3 is 14.7 Å². The minimum absolute atomic E-state index is 0.169. The van der Waals surface area contributed by atoms with Gasteiger partial charge in [-0.3, -0.25) is 0 Å². The second-order valence-corrected chi connectivity index (χ2v) is 8.89. The average Bonchev–Trinajstić information content (AvgIpc) is 2.34. The summed E-state index contributed by atoms with van der Waals surface area (Å²) in [5.41, 5.74) is -1.47. The van der Waals surface area contributed by atoms with Crippen LogP contribution in [0.5, 0.6) is 0 Å². The van der Waals surface area contributed by atoms with Crippen molar-refractivity contribution in [3.8, 4) is 0 Å². The van der Waals surface area contributed by atoms with Gasteiger partial charge in [0.25, 0.3) is 0 Å². The third-order valence-corrected chi connectivity index (χ3v) is 5.51. The first kappa shape index (κ1) is 17.1. The number of nitrogens with one attached hydrogen (secondary N) is 1. The largest absolute Gasteiger partial charge is 0.386 e. The lowest BCUT2D eigenvalue weighted by Gasteiger charge is -2.51. The SMILES string of the molecule is CC(C)N1CCC2(CC1)C[C@H](NS(C)(=O)=O)[C@@](C)(O)CO2. The summed E-state index contributed by atoms with van der Waals surface area (Å²) < 4.78 is 31.6. The average molecular weight is 320 g/mol. The fraction of sp³-hybridized carbons (Fsp3) is 1.00. The summed E-state index contributed by atoms with van der Waals surface area (Å²) >= 11 is 0. The van der Waals surface area contributed by atoms with Gasteiger partial charge in [-0.2, -0.15) is 0 Å². The highest BCUT2D eigenvalue weighted by Gasteiger charge is 2.49. The highest BCUT2D eigenvalue weighted by atomic mass is 32.2. The van der Waals surface area contributed by atoms with E-state index >= 15 is 0 Å². The van der Waals surface area contributed by atoms with E-state index in [0.717, 1.165) is 32.2 Å². The predicted molar refractivity (Wildman–Crippen MR) is 81.6 cm³/mol. The summed E-state index contributed by atoms with van der Waals surface area (Å²) in [6.07, 6.45) is 3.41. The molecule has 2 aliphatic heterocycles. The van der Waals surface area contributed by atoms with E-state index in [1.54, 1.807) is 6.92 Å². The molecule has 7 heteroatoms. The van der Waals surface area contributed by atoms with Crippen molar-refractivity contribution in [3.63, 3.8) is 0 Å². The van der Waals surface area contributed by atoms with Crippen LogP contribution < -0.4 is 4.72 Å². The van der Waals surface area contributed by atoms with Gasteiger partial charge in [0.15, 0.2) is 0 Å². The number of piperidine rings is 1. The van der Waals surface area contributed by atoms with Crippen LogP contribution in [0.3, 0.4) is 0 Å². The number of sulfonamides is 1. The maximum absolute atomic E-state index is 11.5. The normalized spacial score (nSPS) is 34.5. The van der Waals surface area contributed by atoms with Gasteiger partial charge in [0.2, 0.25) is 10.0 Å². The van der Waals surface area contributed by atoms with Gasteiger partial charge in [0, 0.05) is 19.1 Å². The lowest BCUT2D eigenvalue weighted by Crippen LogP contribution is -2.64. The molecule has 2 aliphatic rings. The van der Waals surface area contributed by atoms with Crippen molar-refractivity contribution < 1.29 is 18.3 Å². The maximum Gasteiger partial charge on any atom is 0.209 e. The minimum Gasteiger partial charge on any atom is -0.386 e. The van der Waals surface area contributed by atoms with Crippen molar-refractivity contribution >= 4 is 10.0 Å². The van der Waals surface area contributed by atoms with E-state index in [4.69, 9.17) is 4.74 Å². The van der Waals surface area contributed by atoms with Crippen LogP contribution in [0.1, 0.15) is 40.0 Å². The van der Waals surface area contributed by atoms with Gasteiger partial charge in [-0.15, -0.1) is 0 Å². The third kappa shape index (κ3) is 4.16. The fourth-order valence-corrected chi connectivity index (χ4v) is 4.13. The number of aliphatic hydroxyl groups is 1. The molecule has 2 rings (SSSR count). The van der Waals surface area contributed by atoms with E-state index in [2.05, 4.69) is 23.5 Å². The molecular weight excluding hydrogens is 292 g/mol. The molecule has 2 saturated heterocycles. The molecule has 0 amide bonds. The molecule has 2 fully saturated rings. The predicted octanol–water partition coefficient (Wildman–Crippen LogP) is 0.319. The monoisotopic (exact) mass is 320 g/mol. The molecule has 1 spiro atoms. The Morgan fingerprint density at radius 2 is 1.90 bits per heavy atom. The van der Waals surface area contributed by atoms with Crippen molar-refractivity contribution in [3.05, 3.63) is 0 Å². The molecular formula is C14H28N2O4S. The smallest absolute Gasteiger partial charge is 0.209 e. The zero-order valence-corrected chi connectivity index (χ0v) is 14.2. The number of nitrogens with zero attached hydrogens (tertiary/aromatic N) is 1. The molecule has 2 heterocycles. The van der Waals surface area contributed by atoms with Gasteiger partial charge in [0.05, 0.1) is 24.5 Å². The van der Waals surface area contributed by atoms with Gasteiger partial charge in [0.1, 0.15) is 5.60 Å². The Balaban J connectivity index is 2.07. The zero-order valence-electron chi connectivity index (χ0n) is 13.4. The molecule has 2 atom stereocenters. The Kier molecular flexibility index (Phi) is 4.71. The highest BCUT2D eigenvalue weighted by molar-refractivity contribution is 7.88. The maximum atomic E-state index is 11.5. The van der Waals surface area contributed by atoms with E-state index in [1.165, 1.54) is 0 Å². The lowest BCUT2D eigenvalue weighted by atomic mass is 9.78. The van der Waals surface area contributed by atoms with Crippen molar-refractivity contribution in [2.24, 2.45) is 0 Å². The first-order valence-electron chi connectivity index (χ1n) is 7.61. The van der Waals surface area contributed by atoms with Gasteiger partial charge in [-0.25, -0.2) is 13.1 Å². The van der Waals surface area contributed by atoms with Crippen LogP contribution in [0.15, 0.2) is 0 Å². The van der Waals surface area contributed by atoms with Crippen LogP contribution in [0.2, 0.25) is 0 Å². The Morgan fingerprint density at radius 3 is 2.38 bits per heavy atom. The Labute approximate surface area is 127 Å². The van der Waals surface area contributed by atoms with E-state index in [0.29, 0.717) is 12.5 Å². The van der Waals surface area contributed by atoms with Crippen molar-refractivity contribution in [2.45, 2.75) is 63.3 Å². The van der Waals surface area contributed by atoms with Gasteiger partial charge in [-0.05, 0) is 40.0 Å². The number of hydrogen-bond donors (Lipinski definition) is 2. The third-order valence-electron chi connectivity index (χ3n) is 4.79. The van der Waals surface area contributed by atoms with Crippen LogP contribution in [-0.4, -0.2) is 67.7 Å². The molecule has 0 unspecified atom stereocenters. The summed E-state index contributed by atoms with van der Waals surface area (Å²) in [5.74, 6) is 0. The fourth-order valence-electron chi connectivity index (χ4n) is 3.27. The van der Waals surface area contributed by atoms with Crippen LogP contribution in [0, 0.1) is 0 Å². The van der Waals surface area contributed by atoms with Gasteiger partial charge >= 0.3 is 0 Å². The Hall–Kier alpha value is -0.210. The number of rotatable bonds is 3. The number of hydrogen-bond acceptors (Lipinski definition) is 5. The Morgan fingerprint density at radius 1 is 1.33 bits per heavy atom. The van der Waals surface area contributed by atoms with Crippen molar-refractivity contribution in [2.75, 3.05) is 26.0 Å². The molecule has 124 valence electrons. The first-order chi connectivity index (χ1) is 9.53. The van der Waals surface area contributed by atoms with Crippen LogP contribution in [-0.2, 0) is 14.8 Å². The number of ether oxygens (including phenoxy) is 1. The lowest BCUT2D eigenvalue weighted by molar-refractivity contribution is -0.190. The minimum atomic E-state index is -3.35. The summed E-state index contributed by atoms with van der Waals surface area (Å²) in [5, 5.41) is 10.4. The molecule has 0 aromatic heterocycles. The molecule has 0 radical (unpaired) electrons. The molecule has 0 saturated carbocycles. The van der Waals surface area contributed by atoms with E-state index in [9.17, 15) is 13.5 Å². The zero-order chi connectivity index (χ0) is 15.9. The highest BCUT2D eigenvalue weighted by Crippen LogP contribution is 2.38. The quantitative estimate of drug-likeness (QED) is 0.783. The van der Waals surface area contributed by atoms with Crippen molar-refractivity contribution in [1.82, 2.24) is 9.62 Å². The molecule has 21 heavy (non-hydrogen) atoms. The first-order valence-corrected chi connectivity index (χ1v) is 9.50.